The molecule has 12 heteroatoms. The van der Waals surface area contributed by atoms with E-state index in [4.69, 9.17) is 21.3 Å². The van der Waals surface area contributed by atoms with Gasteiger partial charge >= 0.3 is 12.2 Å². The van der Waals surface area contributed by atoms with Crippen LogP contribution in [-0.2, 0) is 12.1 Å². The summed E-state index contributed by atoms with van der Waals surface area (Å²) in [5.41, 5.74) is 1.28. The smallest absolute Gasteiger partial charge is 0.424 e. The highest BCUT2D eigenvalue weighted by molar-refractivity contribution is 6.31. The molecule has 3 rings (SSSR count). The van der Waals surface area contributed by atoms with Gasteiger partial charge in [0.1, 0.15) is 10.9 Å². The van der Waals surface area contributed by atoms with E-state index < -0.39 is 34.6 Å². The highest BCUT2D eigenvalue weighted by Gasteiger charge is 2.61. The molecule has 1 aliphatic rings. The second kappa shape index (κ2) is 10.9. The van der Waals surface area contributed by atoms with Gasteiger partial charge < -0.3 is 14.9 Å². The van der Waals surface area contributed by atoms with Gasteiger partial charge in [-0.25, -0.2) is 14.6 Å². The van der Waals surface area contributed by atoms with Crippen LogP contribution in [0.2, 0.25) is 5.15 Å². The van der Waals surface area contributed by atoms with Crippen LogP contribution < -0.4 is 14.6 Å². The monoisotopic (exact) mass is 574 g/mol. The lowest BCUT2D eigenvalue weighted by Crippen LogP contribution is -2.63. The Kier molecular flexibility index (Phi) is 8.44. The SMILES string of the molecule is C=CCCC1(C(C)(C)C)c2c(Cl)nc(N(C(=O)O)C(=O)O)nc2N(Cc2ncc(C)c(OC)c2C)N1C(C)(C)C. The van der Waals surface area contributed by atoms with Crippen molar-refractivity contribution in [2.75, 3.05) is 17.0 Å². The predicted molar refractivity (Wildman–Crippen MR) is 154 cm³/mol. The fourth-order valence-electron chi connectivity index (χ4n) is 5.78. The molecule has 3 heterocycles. The van der Waals surface area contributed by atoms with Gasteiger partial charge in [-0.3, -0.25) is 9.99 Å². The highest BCUT2D eigenvalue weighted by Crippen LogP contribution is 2.60. The minimum Gasteiger partial charge on any atom is -0.496 e. The third-order valence-electron chi connectivity index (χ3n) is 7.31. The van der Waals surface area contributed by atoms with E-state index in [1.807, 2.05) is 24.9 Å². The maximum Gasteiger partial charge on any atom is 0.424 e. The summed E-state index contributed by atoms with van der Waals surface area (Å²) < 4.78 is 5.65. The fourth-order valence-corrected chi connectivity index (χ4v) is 6.09. The van der Waals surface area contributed by atoms with Crippen molar-refractivity contribution < 1.29 is 24.5 Å². The van der Waals surface area contributed by atoms with E-state index in [9.17, 15) is 19.8 Å². The van der Waals surface area contributed by atoms with Crippen LogP contribution in [0.4, 0.5) is 21.4 Å². The number of hydrazine groups is 1. The Morgan fingerprint density at radius 1 is 1.15 bits per heavy atom. The number of aryl methyl sites for hydroxylation is 1. The zero-order valence-electron chi connectivity index (χ0n) is 24.7. The number of carboxylic acid groups (broad SMARTS) is 2. The van der Waals surface area contributed by atoms with Crippen molar-refractivity contribution in [1.82, 2.24) is 20.0 Å². The van der Waals surface area contributed by atoms with Crippen molar-refractivity contribution in [2.45, 2.75) is 85.9 Å². The maximum absolute atomic E-state index is 11.9. The number of ether oxygens (including phenoxy) is 1. The van der Waals surface area contributed by atoms with Crippen LogP contribution in [0.3, 0.4) is 0 Å². The van der Waals surface area contributed by atoms with Gasteiger partial charge in [-0.15, -0.1) is 11.5 Å². The lowest BCUT2D eigenvalue weighted by atomic mass is 9.66. The summed E-state index contributed by atoms with van der Waals surface area (Å²) in [5.74, 6) is 0.476. The molecule has 218 valence electrons. The van der Waals surface area contributed by atoms with Crippen LogP contribution in [-0.4, -0.2) is 55.0 Å². The second-order valence-electron chi connectivity index (χ2n) is 11.9. The van der Waals surface area contributed by atoms with Crippen molar-refractivity contribution in [3.05, 3.63) is 46.4 Å². The Hall–Kier alpha value is -3.44. The zero-order valence-corrected chi connectivity index (χ0v) is 25.4. The lowest BCUT2D eigenvalue weighted by Gasteiger charge is -2.55. The number of amides is 2. The molecule has 0 fully saturated rings. The Morgan fingerprint density at radius 3 is 2.23 bits per heavy atom. The number of nitrogens with zero attached hydrogens (tertiary/aromatic N) is 6. The first-order valence-corrected chi connectivity index (χ1v) is 13.3. The van der Waals surface area contributed by atoms with E-state index >= 15 is 0 Å². The van der Waals surface area contributed by atoms with Crippen molar-refractivity contribution in [3.63, 3.8) is 0 Å². The van der Waals surface area contributed by atoms with E-state index in [0.29, 0.717) is 35.7 Å². The number of fused-ring (bicyclic) bond motifs is 1. The molecule has 2 aromatic rings. The van der Waals surface area contributed by atoms with Gasteiger partial charge in [0.25, 0.3) is 0 Å². The van der Waals surface area contributed by atoms with Gasteiger partial charge in [-0.1, -0.05) is 38.4 Å². The van der Waals surface area contributed by atoms with E-state index in [-0.39, 0.29) is 16.6 Å². The summed E-state index contributed by atoms with van der Waals surface area (Å²) in [6.07, 6.45) is 1.33. The standard InChI is InChI=1S/C28H39ClN6O5/c1-11-12-13-28(26(4,5)6)19-21(29)31-23(34(24(36)37)25(38)39)32-22(19)33(35(28)27(7,8)9)15-18-17(3)20(40-10)16(2)14-30-18/h11,14H,1,12-13,15H2,2-10H3,(H,36,37)(H,38,39). The first-order valence-electron chi connectivity index (χ1n) is 13.0. The molecule has 0 saturated heterocycles. The number of halogens is 1. The fraction of sp³-hybridized carbons (Fsp3) is 0.536. The quantitative estimate of drug-likeness (QED) is 0.277. The molecule has 1 aliphatic heterocycles. The number of aromatic nitrogens is 3. The molecule has 0 bridgehead atoms. The average Bonchev–Trinajstić information content (AvgIpc) is 3.10. The van der Waals surface area contributed by atoms with Crippen molar-refractivity contribution >= 4 is 35.6 Å². The van der Waals surface area contributed by atoms with Gasteiger partial charge in [-0.2, -0.15) is 9.97 Å². The summed E-state index contributed by atoms with van der Waals surface area (Å²) in [6.45, 7) is 20.5. The third kappa shape index (κ3) is 5.08. The first kappa shape index (κ1) is 31.1. The molecular weight excluding hydrogens is 536 g/mol. The second-order valence-corrected chi connectivity index (χ2v) is 12.3. The number of imide groups is 1. The Bertz CT molecular complexity index is 1320. The summed E-state index contributed by atoms with van der Waals surface area (Å²) in [7, 11) is 1.61. The molecule has 0 radical (unpaired) electrons. The molecule has 2 N–H and O–H groups in total. The molecule has 0 aliphatic carbocycles. The molecule has 0 aromatic carbocycles. The number of pyridine rings is 1. The van der Waals surface area contributed by atoms with Crippen LogP contribution in [0, 0.1) is 19.3 Å². The Balaban J connectivity index is 2.47. The maximum atomic E-state index is 11.9. The molecule has 1 atom stereocenters. The lowest BCUT2D eigenvalue weighted by molar-refractivity contribution is -0.0706. The average molecular weight is 575 g/mol. The van der Waals surface area contributed by atoms with Crippen LogP contribution in [0.1, 0.15) is 76.8 Å². The third-order valence-corrected chi connectivity index (χ3v) is 7.59. The summed E-state index contributed by atoms with van der Waals surface area (Å²) in [4.78, 5) is 37.3. The van der Waals surface area contributed by atoms with Crippen LogP contribution in [0.25, 0.3) is 0 Å². The van der Waals surface area contributed by atoms with Gasteiger partial charge in [0.05, 0.1) is 30.5 Å². The molecular formula is C28H39ClN6O5. The van der Waals surface area contributed by atoms with Gasteiger partial charge in [0, 0.05) is 22.9 Å². The van der Waals surface area contributed by atoms with E-state index in [1.165, 1.54) is 0 Å². The topological polar surface area (TPSA) is 132 Å². The number of allylic oxidation sites excluding steroid dienone is 1. The minimum absolute atomic E-state index is 0.0191. The molecule has 2 amide bonds. The van der Waals surface area contributed by atoms with E-state index in [2.05, 4.69) is 63.1 Å². The number of rotatable bonds is 7. The van der Waals surface area contributed by atoms with Crippen LogP contribution >= 0.6 is 11.6 Å². The Morgan fingerprint density at radius 2 is 1.75 bits per heavy atom. The Labute approximate surface area is 240 Å². The van der Waals surface area contributed by atoms with E-state index in [0.717, 1.165) is 11.1 Å². The molecule has 11 nitrogen and oxygen atoms in total. The molecule has 1 unspecified atom stereocenters. The molecule has 2 aromatic heterocycles. The van der Waals surface area contributed by atoms with Gasteiger partial charge in [0.2, 0.25) is 5.95 Å². The zero-order chi connectivity index (χ0) is 30.4. The van der Waals surface area contributed by atoms with Crippen molar-refractivity contribution in [1.29, 1.82) is 0 Å². The van der Waals surface area contributed by atoms with Gasteiger partial charge in [0.15, 0.2) is 5.82 Å². The van der Waals surface area contributed by atoms with Gasteiger partial charge in [-0.05, 0) is 52.9 Å². The number of carbonyl (C=O) groups is 2. The molecule has 0 saturated carbocycles. The van der Waals surface area contributed by atoms with Crippen LogP contribution in [0.5, 0.6) is 5.75 Å². The summed E-state index contributed by atoms with van der Waals surface area (Å²) in [6, 6.07) is 0. The minimum atomic E-state index is -1.74. The normalized spacial score (nSPS) is 17.5. The molecule has 40 heavy (non-hydrogen) atoms. The molecule has 0 spiro atoms. The first-order chi connectivity index (χ1) is 18.4. The van der Waals surface area contributed by atoms with Crippen molar-refractivity contribution in [2.24, 2.45) is 5.41 Å². The van der Waals surface area contributed by atoms with E-state index in [1.54, 1.807) is 13.3 Å². The summed E-state index contributed by atoms with van der Waals surface area (Å²) in [5, 5.41) is 23.4. The van der Waals surface area contributed by atoms with Crippen LogP contribution in [0.15, 0.2) is 18.9 Å². The number of hydrogen-bond acceptors (Lipinski definition) is 8. The highest BCUT2D eigenvalue weighted by atomic mass is 35.5. The largest absolute Gasteiger partial charge is 0.496 e. The van der Waals surface area contributed by atoms with Crippen molar-refractivity contribution in [3.8, 4) is 5.75 Å². The number of hydrogen-bond donors (Lipinski definition) is 2. The summed E-state index contributed by atoms with van der Waals surface area (Å²) >= 11 is 6.90. The number of anilines is 2. The number of methoxy groups -OCH3 is 1. The predicted octanol–water partition coefficient (Wildman–Crippen LogP) is 6.56.